The molecule has 52 heavy (non-hydrogen) atoms. The van der Waals surface area contributed by atoms with Crippen molar-refractivity contribution >= 4 is 23.6 Å². The number of carbonyl (C=O) groups excluding carboxylic acids is 4. The quantitative estimate of drug-likeness (QED) is 0.149. The van der Waals surface area contributed by atoms with E-state index in [0.29, 0.717) is 13.0 Å². The summed E-state index contributed by atoms with van der Waals surface area (Å²) >= 11 is 0. The normalized spacial score (nSPS) is 20.7. The summed E-state index contributed by atoms with van der Waals surface area (Å²) in [6.45, 7) is 23.8. The van der Waals surface area contributed by atoms with Gasteiger partial charge in [-0.3, -0.25) is 24.1 Å². The van der Waals surface area contributed by atoms with Gasteiger partial charge in [0.05, 0.1) is 54.8 Å². The molecule has 1 saturated heterocycles. The summed E-state index contributed by atoms with van der Waals surface area (Å²) in [4.78, 5) is 61.0. The molecule has 0 aliphatic carbocycles. The molecule has 302 valence electrons. The number of carbonyl (C=O) groups is 4. The summed E-state index contributed by atoms with van der Waals surface area (Å²) < 4.78 is 11.9. The fourth-order valence-electron chi connectivity index (χ4n) is 7.56. The number of amides is 4. The van der Waals surface area contributed by atoms with Crippen molar-refractivity contribution < 1.29 is 33.8 Å². The Morgan fingerprint density at radius 3 is 1.98 bits per heavy atom. The van der Waals surface area contributed by atoms with Crippen LogP contribution < -0.4 is 10.6 Å². The van der Waals surface area contributed by atoms with E-state index in [1.165, 1.54) is 0 Å². The van der Waals surface area contributed by atoms with Crippen LogP contribution in [0.1, 0.15) is 109 Å². The van der Waals surface area contributed by atoms with Crippen molar-refractivity contribution in [3.05, 3.63) is 11.6 Å². The minimum atomic E-state index is -0.809. The predicted octanol–water partition coefficient (Wildman–Crippen LogP) is 4.24. The Morgan fingerprint density at radius 2 is 1.52 bits per heavy atom. The molecule has 4 amide bonds. The molecule has 10 atom stereocenters. The summed E-state index contributed by atoms with van der Waals surface area (Å²) in [5.41, 5.74) is 0.769. The fourth-order valence-corrected chi connectivity index (χ4v) is 7.56. The molecular formula is C40H75N5O7. The number of likely N-dealkylation sites (tertiary alicyclic amines) is 1. The first-order valence-corrected chi connectivity index (χ1v) is 19.5. The first-order chi connectivity index (χ1) is 24.2. The first kappa shape index (κ1) is 47.5. The summed E-state index contributed by atoms with van der Waals surface area (Å²) in [7, 11) is 6.80. The number of allylic oxidation sites excluding steroid dienone is 1. The second-order valence-electron chi connectivity index (χ2n) is 16.0. The average Bonchev–Trinajstić information content (AvgIpc) is 3.58. The van der Waals surface area contributed by atoms with E-state index >= 15 is 0 Å². The van der Waals surface area contributed by atoms with Gasteiger partial charge in [-0.1, -0.05) is 61.0 Å². The van der Waals surface area contributed by atoms with E-state index < -0.39 is 48.4 Å². The third-order valence-corrected chi connectivity index (χ3v) is 11.4. The number of aliphatic hydroxyl groups excluding tert-OH is 1. The van der Waals surface area contributed by atoms with Gasteiger partial charge in [0.15, 0.2) is 0 Å². The van der Waals surface area contributed by atoms with Crippen molar-refractivity contribution in [2.24, 2.45) is 23.7 Å². The molecule has 0 radical (unpaired) electrons. The number of rotatable bonds is 21. The number of methoxy groups -OCH3 is 2. The Balaban J connectivity index is 3.29. The number of likely N-dealkylation sites (N-methyl/N-ethyl adjacent to an activating group) is 2. The highest BCUT2D eigenvalue weighted by molar-refractivity contribution is 5.90. The molecule has 1 rings (SSSR count). The molecule has 12 heteroatoms. The second kappa shape index (κ2) is 22.0. The van der Waals surface area contributed by atoms with Crippen LogP contribution in [0.5, 0.6) is 0 Å². The van der Waals surface area contributed by atoms with Crippen LogP contribution in [0.2, 0.25) is 0 Å². The van der Waals surface area contributed by atoms with Crippen molar-refractivity contribution in [1.29, 1.82) is 0 Å². The molecule has 0 bridgehead atoms. The van der Waals surface area contributed by atoms with Gasteiger partial charge in [-0.05, 0) is 77.8 Å². The molecule has 0 aromatic carbocycles. The molecule has 3 N–H and O–H groups in total. The topological polar surface area (TPSA) is 141 Å². The van der Waals surface area contributed by atoms with E-state index in [-0.39, 0.29) is 59.9 Å². The fraction of sp³-hybridized carbons (Fsp3) is 0.850. The number of ether oxygens (including phenoxy) is 2. The maximum atomic E-state index is 14.3. The van der Waals surface area contributed by atoms with Gasteiger partial charge < -0.3 is 35.0 Å². The smallest absolute Gasteiger partial charge is 0.245 e. The molecule has 0 aromatic heterocycles. The molecule has 1 heterocycles. The van der Waals surface area contributed by atoms with Crippen molar-refractivity contribution in [2.75, 3.05) is 34.9 Å². The molecule has 0 saturated carbocycles. The summed E-state index contributed by atoms with van der Waals surface area (Å²) in [5.74, 6) is -1.52. The Morgan fingerprint density at radius 1 is 0.923 bits per heavy atom. The van der Waals surface area contributed by atoms with Gasteiger partial charge in [0.1, 0.15) is 6.04 Å². The maximum Gasteiger partial charge on any atom is 0.245 e. The number of nitrogens with one attached hydrogen (secondary N) is 2. The second-order valence-corrected chi connectivity index (χ2v) is 16.0. The predicted molar refractivity (Wildman–Crippen MR) is 207 cm³/mol. The van der Waals surface area contributed by atoms with Crippen LogP contribution in [0.3, 0.4) is 0 Å². The van der Waals surface area contributed by atoms with E-state index in [4.69, 9.17) is 9.47 Å². The van der Waals surface area contributed by atoms with Gasteiger partial charge >= 0.3 is 0 Å². The van der Waals surface area contributed by atoms with E-state index in [0.717, 1.165) is 18.4 Å². The van der Waals surface area contributed by atoms with Crippen molar-refractivity contribution in [2.45, 2.75) is 163 Å². The van der Waals surface area contributed by atoms with Gasteiger partial charge in [-0.2, -0.15) is 0 Å². The number of nitrogens with zero attached hydrogens (tertiary/aromatic N) is 3. The van der Waals surface area contributed by atoms with Gasteiger partial charge in [0.25, 0.3) is 0 Å². The standard InChI is InChI=1S/C40H75N5O7/c1-17-26(9)35(44(14)40(50)33(23(3)4)42-39(49)34(24(5)6)43(13)25(7)8)31(51-15)22-32(46)45-21-19-20-30(45)37(52-16)28(11)38(48)41-29(12)36(47)27(10)18-2/h18,23-26,28-31,33-37,47H,17,19-22H2,1-16H3,(H,41,48)(H,42,49)/b27-18+/t26-,28+,29+,30-,31+,33-,34-,35-,36-,37+/m0/s1. The summed E-state index contributed by atoms with van der Waals surface area (Å²) in [6.07, 6.45) is 2.07. The minimum absolute atomic E-state index is 0.0148. The Labute approximate surface area is 315 Å². The van der Waals surface area contributed by atoms with E-state index in [2.05, 4.69) is 17.6 Å². The number of aliphatic hydroxyl groups is 1. The minimum Gasteiger partial charge on any atom is -0.387 e. The summed E-state index contributed by atoms with van der Waals surface area (Å²) in [6, 6.07) is -2.28. The van der Waals surface area contributed by atoms with E-state index in [1.54, 1.807) is 44.9 Å². The molecule has 0 spiro atoms. The lowest BCUT2D eigenvalue weighted by Crippen LogP contribution is -2.60. The summed E-state index contributed by atoms with van der Waals surface area (Å²) in [5, 5.41) is 16.6. The SMILES string of the molecule is C/C=C(\C)[C@H](O)[C@@H](C)NC(=O)[C@H](C)[C@@H](OC)[C@@H]1CCCN1C(=O)C[C@@H](OC)[C@H]([C@@H](C)CC)N(C)C(=O)[C@@H](NC(=O)[C@H](C(C)C)N(C)C(C)C)C(C)C. The third-order valence-electron chi connectivity index (χ3n) is 11.4. The third kappa shape index (κ3) is 12.2. The average molecular weight is 738 g/mol. The zero-order valence-corrected chi connectivity index (χ0v) is 35.4. The van der Waals surface area contributed by atoms with Gasteiger partial charge in [-0.15, -0.1) is 0 Å². The van der Waals surface area contributed by atoms with Gasteiger partial charge in [0, 0.05) is 33.9 Å². The molecule has 1 aliphatic rings. The van der Waals surface area contributed by atoms with Crippen molar-refractivity contribution in [1.82, 2.24) is 25.3 Å². The Kier molecular flexibility index (Phi) is 20.1. The van der Waals surface area contributed by atoms with Crippen LogP contribution in [-0.2, 0) is 28.7 Å². The highest BCUT2D eigenvalue weighted by Crippen LogP contribution is 2.30. The molecular weight excluding hydrogens is 662 g/mol. The van der Waals surface area contributed by atoms with Crippen molar-refractivity contribution in [3.63, 3.8) is 0 Å². The van der Waals surface area contributed by atoms with Gasteiger partial charge in [-0.25, -0.2) is 0 Å². The first-order valence-electron chi connectivity index (χ1n) is 19.5. The van der Waals surface area contributed by atoms with Crippen molar-refractivity contribution in [3.8, 4) is 0 Å². The van der Waals surface area contributed by atoms with Crippen LogP contribution in [0.4, 0.5) is 0 Å². The Hall–Kier alpha value is -2.54. The number of hydrogen-bond acceptors (Lipinski definition) is 8. The zero-order valence-electron chi connectivity index (χ0n) is 35.4. The molecule has 1 fully saturated rings. The lowest BCUT2D eigenvalue weighted by molar-refractivity contribution is -0.148. The van der Waals surface area contributed by atoms with Gasteiger partial charge in [0.2, 0.25) is 23.6 Å². The molecule has 12 nitrogen and oxygen atoms in total. The lowest BCUT2D eigenvalue weighted by atomic mass is 9.89. The van der Waals surface area contributed by atoms with Crippen LogP contribution in [-0.4, -0.2) is 133 Å². The van der Waals surface area contributed by atoms with Crippen LogP contribution in [0.25, 0.3) is 0 Å². The lowest BCUT2D eigenvalue weighted by Gasteiger charge is -2.41. The van der Waals surface area contributed by atoms with Crippen LogP contribution in [0, 0.1) is 23.7 Å². The highest BCUT2D eigenvalue weighted by atomic mass is 16.5. The monoisotopic (exact) mass is 738 g/mol. The van der Waals surface area contributed by atoms with Crippen LogP contribution >= 0.6 is 0 Å². The zero-order chi connectivity index (χ0) is 40.2. The van der Waals surface area contributed by atoms with E-state index in [1.807, 2.05) is 80.3 Å². The largest absolute Gasteiger partial charge is 0.387 e. The molecule has 1 aliphatic heterocycles. The number of hydrogen-bond donors (Lipinski definition) is 3. The highest BCUT2D eigenvalue weighted by Gasteiger charge is 2.43. The maximum absolute atomic E-state index is 14.3. The van der Waals surface area contributed by atoms with Crippen LogP contribution in [0.15, 0.2) is 11.6 Å². The Bertz CT molecular complexity index is 1180. The molecule has 0 unspecified atom stereocenters. The van der Waals surface area contributed by atoms with E-state index in [9.17, 15) is 24.3 Å². The molecule has 0 aromatic rings.